The van der Waals surface area contributed by atoms with Crippen molar-refractivity contribution in [3.63, 3.8) is 0 Å². The summed E-state index contributed by atoms with van der Waals surface area (Å²) in [6, 6.07) is 17.4. The van der Waals surface area contributed by atoms with E-state index in [1.807, 2.05) is 66.9 Å². The number of anilines is 1. The number of nitrogens with one attached hydrogen (secondary N) is 2. The number of aromatic nitrogens is 2. The van der Waals surface area contributed by atoms with Crippen LogP contribution < -0.4 is 10.1 Å². The van der Waals surface area contributed by atoms with Crippen molar-refractivity contribution in [1.82, 2.24) is 15.1 Å². The van der Waals surface area contributed by atoms with Gasteiger partial charge >= 0.3 is 0 Å². The molecule has 0 bridgehead atoms. The Labute approximate surface area is 226 Å². The molecule has 1 amide bonds. The molecule has 3 heterocycles. The van der Waals surface area contributed by atoms with Crippen LogP contribution in [0.25, 0.3) is 17.0 Å². The highest BCUT2D eigenvalue weighted by Gasteiger charge is 2.28. The average Bonchev–Trinajstić information content (AvgIpc) is 3.58. The monoisotopic (exact) mass is 532 g/mol. The number of ether oxygens (including phenoxy) is 3. The molecule has 0 saturated carbocycles. The molecule has 1 aliphatic rings. The van der Waals surface area contributed by atoms with Gasteiger partial charge in [0.05, 0.1) is 41.0 Å². The number of hydrogen-bond donors (Lipinski definition) is 2. The fourth-order valence-corrected chi connectivity index (χ4v) is 5.44. The molecule has 5 rings (SSSR count). The summed E-state index contributed by atoms with van der Waals surface area (Å²) < 4.78 is 17.8. The minimum absolute atomic E-state index is 0.0603. The minimum atomic E-state index is -0.266. The number of aryl methyl sites for hydroxylation is 1. The van der Waals surface area contributed by atoms with Gasteiger partial charge in [0.25, 0.3) is 5.91 Å². The molecule has 2 unspecified atom stereocenters. The first-order valence-electron chi connectivity index (χ1n) is 12.7. The zero-order valence-corrected chi connectivity index (χ0v) is 22.4. The first-order valence-corrected chi connectivity index (χ1v) is 13.5. The number of benzene rings is 2. The van der Waals surface area contributed by atoms with Gasteiger partial charge in [0.15, 0.2) is 0 Å². The zero-order valence-electron chi connectivity index (χ0n) is 21.6. The second-order valence-corrected chi connectivity index (χ2v) is 10.0. The van der Waals surface area contributed by atoms with Crippen LogP contribution in [0.1, 0.15) is 20.9 Å². The number of hydrogen-bond acceptors (Lipinski definition) is 7. The molecule has 0 radical (unpaired) electrons. The first-order chi connectivity index (χ1) is 18.6. The van der Waals surface area contributed by atoms with Crippen molar-refractivity contribution in [2.24, 2.45) is 0 Å². The average molecular weight is 533 g/mol. The van der Waals surface area contributed by atoms with Gasteiger partial charge in [-0.25, -0.2) is 0 Å². The van der Waals surface area contributed by atoms with Crippen molar-refractivity contribution in [3.8, 4) is 5.75 Å². The molecule has 9 heteroatoms. The van der Waals surface area contributed by atoms with E-state index in [1.54, 1.807) is 7.11 Å². The highest BCUT2D eigenvalue weighted by molar-refractivity contribution is 7.12. The molecule has 1 aliphatic heterocycles. The van der Waals surface area contributed by atoms with Crippen LogP contribution in [0.15, 0.2) is 66.1 Å². The molecule has 2 atom stereocenters. The topological polar surface area (TPSA) is 88.7 Å². The highest BCUT2D eigenvalue weighted by atomic mass is 32.1. The van der Waals surface area contributed by atoms with Crippen molar-refractivity contribution in [1.29, 1.82) is 0 Å². The molecule has 2 N–H and O–H groups in total. The second-order valence-electron chi connectivity index (χ2n) is 9.12. The summed E-state index contributed by atoms with van der Waals surface area (Å²) in [6.07, 6.45) is 3.92. The number of nitrogens with zero attached hydrogens (tertiary/aromatic N) is 2. The lowest BCUT2D eigenvalue weighted by Crippen LogP contribution is -2.50. The Morgan fingerprint density at radius 3 is 2.76 bits per heavy atom. The Morgan fingerprint density at radius 2 is 1.97 bits per heavy atom. The summed E-state index contributed by atoms with van der Waals surface area (Å²) in [6.45, 7) is 5.16. The number of carbonyl (C=O) groups excluding carboxylic acids is 1. The highest BCUT2D eigenvalue weighted by Crippen LogP contribution is 2.27. The molecule has 4 aromatic rings. The number of para-hydroxylation sites is 3. The van der Waals surface area contributed by atoms with Gasteiger partial charge < -0.3 is 19.5 Å². The van der Waals surface area contributed by atoms with E-state index >= 15 is 0 Å². The molecule has 1 fully saturated rings. The largest absolute Gasteiger partial charge is 0.489 e. The van der Waals surface area contributed by atoms with Gasteiger partial charge in [-0.1, -0.05) is 36.4 Å². The standard InChI is InChI=1S/C29H32N4O4S/c1-20-13-18-38-28(20)29(34)30-24-9-5-6-10-26(24)37-19-27(35-2)25(33-14-16-36-17-15-33)12-11-23-21-7-3-4-8-22(21)31-32-23/h3-13,18,25,27H,14-17,19H2,1-2H3,(H,30,34)(H,31,32)/b12-11+. The van der Waals surface area contributed by atoms with Crippen LogP contribution in [0.4, 0.5) is 5.69 Å². The van der Waals surface area contributed by atoms with Gasteiger partial charge in [-0.2, -0.15) is 5.10 Å². The SMILES string of the molecule is COC(COc1ccccc1NC(=O)c1sccc1C)C(/C=C/c1n[nH]c2ccccc12)N1CCOCC1. The number of methoxy groups -OCH3 is 1. The maximum Gasteiger partial charge on any atom is 0.266 e. The molecule has 198 valence electrons. The van der Waals surface area contributed by atoms with Gasteiger partial charge in [-0.05, 0) is 48.2 Å². The second kappa shape index (κ2) is 12.4. The lowest BCUT2D eigenvalue weighted by molar-refractivity contribution is -0.0338. The Balaban J connectivity index is 1.33. The minimum Gasteiger partial charge on any atom is -0.489 e. The van der Waals surface area contributed by atoms with Crippen LogP contribution in [0, 0.1) is 6.92 Å². The number of aromatic amines is 1. The molecular formula is C29H32N4O4S. The van der Waals surface area contributed by atoms with E-state index in [0.717, 1.165) is 35.2 Å². The molecule has 2 aromatic carbocycles. The zero-order chi connectivity index (χ0) is 26.3. The predicted octanol–water partition coefficient (Wildman–Crippen LogP) is 4.99. The summed E-state index contributed by atoms with van der Waals surface area (Å²) >= 11 is 1.43. The number of amides is 1. The van der Waals surface area contributed by atoms with E-state index in [2.05, 4.69) is 32.6 Å². The molecule has 38 heavy (non-hydrogen) atoms. The van der Waals surface area contributed by atoms with Gasteiger partial charge in [0.2, 0.25) is 0 Å². The lowest BCUT2D eigenvalue weighted by Gasteiger charge is -2.36. The smallest absolute Gasteiger partial charge is 0.266 e. The Morgan fingerprint density at radius 1 is 1.18 bits per heavy atom. The molecule has 2 aromatic heterocycles. The molecule has 1 saturated heterocycles. The van der Waals surface area contributed by atoms with E-state index in [0.29, 0.717) is 36.1 Å². The number of thiophene rings is 1. The van der Waals surface area contributed by atoms with Crippen molar-refractivity contribution in [2.45, 2.75) is 19.1 Å². The van der Waals surface area contributed by atoms with Gasteiger partial charge in [0, 0.05) is 25.6 Å². The van der Waals surface area contributed by atoms with Crippen LogP contribution in [-0.4, -0.2) is 73.2 Å². The number of morpholine rings is 1. The van der Waals surface area contributed by atoms with Gasteiger partial charge in [-0.15, -0.1) is 11.3 Å². The maximum atomic E-state index is 12.8. The summed E-state index contributed by atoms with van der Waals surface area (Å²) in [4.78, 5) is 15.9. The Kier molecular flexibility index (Phi) is 8.50. The summed E-state index contributed by atoms with van der Waals surface area (Å²) in [5.74, 6) is 0.456. The summed E-state index contributed by atoms with van der Waals surface area (Å²) in [5, 5.41) is 13.6. The molecular weight excluding hydrogens is 500 g/mol. The maximum absolute atomic E-state index is 12.8. The van der Waals surface area contributed by atoms with Crippen LogP contribution >= 0.6 is 11.3 Å². The van der Waals surface area contributed by atoms with Crippen molar-refractivity contribution in [3.05, 3.63) is 82.2 Å². The fraction of sp³-hybridized carbons (Fsp3) is 0.310. The van der Waals surface area contributed by atoms with Crippen LogP contribution in [-0.2, 0) is 9.47 Å². The van der Waals surface area contributed by atoms with E-state index in [4.69, 9.17) is 14.2 Å². The third-order valence-electron chi connectivity index (χ3n) is 6.71. The molecule has 0 aliphatic carbocycles. The summed E-state index contributed by atoms with van der Waals surface area (Å²) in [7, 11) is 1.70. The quantitative estimate of drug-likeness (QED) is 0.299. The van der Waals surface area contributed by atoms with Crippen LogP contribution in [0.2, 0.25) is 0 Å². The van der Waals surface area contributed by atoms with Crippen molar-refractivity contribution >= 4 is 39.9 Å². The number of rotatable bonds is 10. The van der Waals surface area contributed by atoms with E-state index in [1.165, 1.54) is 11.3 Å². The van der Waals surface area contributed by atoms with E-state index in [-0.39, 0.29) is 18.1 Å². The van der Waals surface area contributed by atoms with E-state index in [9.17, 15) is 4.79 Å². The molecule has 0 spiro atoms. The predicted molar refractivity (Wildman–Crippen MR) is 151 cm³/mol. The Bertz CT molecular complexity index is 1390. The third-order valence-corrected chi connectivity index (χ3v) is 7.72. The normalized spacial score (nSPS) is 16.1. The Hall–Kier alpha value is -3.50. The van der Waals surface area contributed by atoms with Crippen molar-refractivity contribution < 1.29 is 19.0 Å². The number of carbonyl (C=O) groups is 1. The van der Waals surface area contributed by atoms with Crippen LogP contribution in [0.5, 0.6) is 5.75 Å². The third kappa shape index (κ3) is 5.97. The van der Waals surface area contributed by atoms with Gasteiger partial charge in [0.1, 0.15) is 18.5 Å². The van der Waals surface area contributed by atoms with Crippen molar-refractivity contribution in [2.75, 3.05) is 45.3 Å². The number of fused-ring (bicyclic) bond motifs is 1. The van der Waals surface area contributed by atoms with Gasteiger partial charge in [-0.3, -0.25) is 14.8 Å². The fourth-order valence-electron chi connectivity index (χ4n) is 4.62. The first kappa shape index (κ1) is 26.1. The van der Waals surface area contributed by atoms with Crippen LogP contribution in [0.3, 0.4) is 0 Å². The molecule has 8 nitrogen and oxygen atoms in total. The van der Waals surface area contributed by atoms with E-state index < -0.39 is 0 Å². The number of H-pyrrole nitrogens is 1. The summed E-state index contributed by atoms with van der Waals surface area (Å²) in [5.41, 5.74) is 3.46. The lowest BCUT2D eigenvalue weighted by atomic mass is 10.1.